The lowest BCUT2D eigenvalue weighted by atomic mass is 10.2. The molecule has 0 aromatic heterocycles. The van der Waals surface area contributed by atoms with Crippen LogP contribution in [-0.4, -0.2) is 16.6 Å². The lowest BCUT2D eigenvalue weighted by Crippen LogP contribution is -2.44. The second kappa shape index (κ2) is 11.5. The van der Waals surface area contributed by atoms with Crippen molar-refractivity contribution in [2.24, 2.45) is 0 Å². The maximum Gasteiger partial charge on any atom is 0.250 e. The second-order valence-electron chi connectivity index (χ2n) is 11.5. The van der Waals surface area contributed by atoms with Gasteiger partial charge in [0.2, 0.25) is 16.6 Å². The van der Waals surface area contributed by atoms with Crippen molar-refractivity contribution in [2.45, 2.75) is 90.1 Å². The van der Waals surface area contributed by atoms with Crippen LogP contribution in [0, 0.1) is 6.92 Å². The fourth-order valence-corrected chi connectivity index (χ4v) is 5.33. The predicted molar refractivity (Wildman–Crippen MR) is 156 cm³/mol. The molecular formula is C26H41BrCl2O2Si2. The van der Waals surface area contributed by atoms with Gasteiger partial charge in [0.05, 0.1) is 0 Å². The summed E-state index contributed by atoms with van der Waals surface area (Å²) in [5, 5.41) is 2.70. The standard InChI is InChI=1S/C13H20BrClOSi.C13H21ClOSi/c1-13(2,3)17(4,5)16-12-7-6-11(15)8-10(12)9-14;1-10-9-11(14)7-8-12(10)15-16(5,6)13(2,3)4/h6-8H,9H2,1-5H3;7-9H,1-6H3. The molecule has 0 aliphatic heterocycles. The molecule has 0 fully saturated rings. The van der Waals surface area contributed by atoms with Crippen LogP contribution in [0.4, 0.5) is 0 Å². The molecule has 0 N–H and O–H groups in total. The molecule has 0 unspecified atom stereocenters. The molecule has 2 nitrogen and oxygen atoms in total. The van der Waals surface area contributed by atoms with E-state index in [1.807, 2.05) is 43.3 Å². The molecule has 0 aliphatic carbocycles. The van der Waals surface area contributed by atoms with Crippen LogP contribution in [0.25, 0.3) is 0 Å². The van der Waals surface area contributed by atoms with E-state index in [2.05, 4.69) is 83.7 Å². The van der Waals surface area contributed by atoms with E-state index in [1.165, 1.54) is 0 Å². The molecule has 0 amide bonds. The Labute approximate surface area is 222 Å². The summed E-state index contributed by atoms with van der Waals surface area (Å²) in [5.41, 5.74) is 2.22. The van der Waals surface area contributed by atoms with Crippen LogP contribution < -0.4 is 8.85 Å². The number of hydrogen-bond acceptors (Lipinski definition) is 2. The van der Waals surface area contributed by atoms with Crippen LogP contribution in [0.3, 0.4) is 0 Å². The number of benzene rings is 2. The zero-order chi connectivity index (χ0) is 25.8. The summed E-state index contributed by atoms with van der Waals surface area (Å²) in [5.74, 6) is 1.92. The third-order valence-corrected chi connectivity index (χ3v) is 16.4. The third kappa shape index (κ3) is 8.92. The summed E-state index contributed by atoms with van der Waals surface area (Å²) in [7, 11) is -3.51. The van der Waals surface area contributed by atoms with Crippen LogP contribution in [-0.2, 0) is 5.33 Å². The van der Waals surface area contributed by atoms with Crippen LogP contribution in [0.2, 0.25) is 46.3 Å². The number of aryl methyl sites for hydroxylation is 1. The Morgan fingerprint density at radius 3 is 1.52 bits per heavy atom. The quantitative estimate of drug-likeness (QED) is 0.254. The third-order valence-electron chi connectivity index (χ3n) is 6.65. The number of rotatable bonds is 5. The molecule has 0 aliphatic rings. The second-order valence-corrected chi connectivity index (χ2v) is 22.4. The highest BCUT2D eigenvalue weighted by molar-refractivity contribution is 9.08. The zero-order valence-electron chi connectivity index (χ0n) is 22.1. The van der Waals surface area contributed by atoms with Crippen molar-refractivity contribution in [2.75, 3.05) is 0 Å². The first-order chi connectivity index (χ1) is 14.8. The van der Waals surface area contributed by atoms with E-state index in [4.69, 9.17) is 32.1 Å². The maximum atomic E-state index is 6.29. The molecule has 0 heterocycles. The van der Waals surface area contributed by atoms with Gasteiger partial charge >= 0.3 is 0 Å². The van der Waals surface area contributed by atoms with Crippen molar-refractivity contribution >= 4 is 55.8 Å². The molecule has 0 spiro atoms. The Hall–Kier alpha value is -0.466. The van der Waals surface area contributed by atoms with Gasteiger partial charge in [-0.15, -0.1) is 0 Å². The lowest BCUT2D eigenvalue weighted by Gasteiger charge is -2.37. The van der Waals surface area contributed by atoms with Gasteiger partial charge in [0.25, 0.3) is 0 Å². The van der Waals surface area contributed by atoms with E-state index in [9.17, 15) is 0 Å². The normalized spacial score (nSPS) is 12.7. The molecule has 2 rings (SSSR count). The molecule has 186 valence electrons. The molecule has 0 atom stereocenters. The summed E-state index contributed by atoms with van der Waals surface area (Å²) in [6.45, 7) is 24.5. The number of hydrogen-bond donors (Lipinski definition) is 0. The largest absolute Gasteiger partial charge is 0.543 e. The summed E-state index contributed by atoms with van der Waals surface area (Å²) in [6, 6.07) is 11.6. The van der Waals surface area contributed by atoms with Gasteiger partial charge in [-0.25, -0.2) is 0 Å². The molecule has 0 radical (unpaired) electrons. The van der Waals surface area contributed by atoms with E-state index < -0.39 is 16.6 Å². The van der Waals surface area contributed by atoms with E-state index in [-0.39, 0.29) is 10.1 Å². The fraction of sp³-hybridized carbons (Fsp3) is 0.538. The van der Waals surface area contributed by atoms with Gasteiger partial charge in [0.1, 0.15) is 11.5 Å². The minimum absolute atomic E-state index is 0.205. The Bertz CT molecular complexity index is 933. The first kappa shape index (κ1) is 30.6. The van der Waals surface area contributed by atoms with Crippen molar-refractivity contribution in [1.82, 2.24) is 0 Å². The van der Waals surface area contributed by atoms with Crippen molar-refractivity contribution in [3.8, 4) is 11.5 Å². The molecule has 0 bridgehead atoms. The minimum atomic E-state index is -1.77. The summed E-state index contributed by atoms with van der Waals surface area (Å²) in [6.07, 6.45) is 0. The SMILES string of the molecule is CC(C)(C)[Si](C)(C)Oc1ccc(Cl)cc1CBr.Cc1cc(Cl)ccc1O[Si](C)(C)C(C)(C)C. The average Bonchev–Trinajstić information content (AvgIpc) is 2.64. The maximum absolute atomic E-state index is 6.29. The molecule has 7 heteroatoms. The van der Waals surface area contributed by atoms with Gasteiger partial charge in [0, 0.05) is 20.9 Å². The first-order valence-corrected chi connectivity index (χ1v) is 19.0. The van der Waals surface area contributed by atoms with Gasteiger partial charge in [0.15, 0.2) is 0 Å². The van der Waals surface area contributed by atoms with Crippen LogP contribution in [0.1, 0.15) is 52.7 Å². The van der Waals surface area contributed by atoms with Crippen molar-refractivity contribution in [1.29, 1.82) is 0 Å². The Balaban J connectivity index is 0.000000331. The van der Waals surface area contributed by atoms with E-state index in [0.717, 1.165) is 38.0 Å². The molecular weight excluding hydrogens is 551 g/mol. The number of alkyl halides is 1. The average molecular weight is 593 g/mol. The van der Waals surface area contributed by atoms with Crippen molar-refractivity contribution < 1.29 is 8.85 Å². The summed E-state index contributed by atoms with van der Waals surface area (Å²) < 4.78 is 12.5. The first-order valence-electron chi connectivity index (χ1n) is 11.3. The monoisotopic (exact) mass is 590 g/mol. The molecule has 2 aromatic carbocycles. The summed E-state index contributed by atoms with van der Waals surface area (Å²) in [4.78, 5) is 0. The van der Waals surface area contributed by atoms with Crippen LogP contribution in [0.15, 0.2) is 36.4 Å². The molecule has 0 saturated carbocycles. The van der Waals surface area contributed by atoms with Crippen molar-refractivity contribution in [3.05, 3.63) is 57.6 Å². The Kier molecular flexibility index (Phi) is 10.7. The van der Waals surface area contributed by atoms with Gasteiger partial charge in [-0.2, -0.15) is 0 Å². The van der Waals surface area contributed by atoms with Gasteiger partial charge in [-0.1, -0.05) is 80.7 Å². The van der Waals surface area contributed by atoms with Crippen LogP contribution in [0.5, 0.6) is 11.5 Å². The molecule has 0 saturated heterocycles. The number of halogens is 3. The predicted octanol–water partition coefficient (Wildman–Crippen LogP) is 10.7. The van der Waals surface area contributed by atoms with Gasteiger partial charge in [-0.05, 0) is 85.1 Å². The topological polar surface area (TPSA) is 18.5 Å². The highest BCUT2D eigenvalue weighted by Crippen LogP contribution is 2.39. The van der Waals surface area contributed by atoms with Crippen molar-refractivity contribution in [3.63, 3.8) is 0 Å². The Morgan fingerprint density at radius 1 is 0.727 bits per heavy atom. The lowest BCUT2D eigenvalue weighted by molar-refractivity contribution is 0.489. The fourth-order valence-electron chi connectivity index (χ4n) is 2.34. The zero-order valence-corrected chi connectivity index (χ0v) is 27.2. The molecule has 33 heavy (non-hydrogen) atoms. The van der Waals surface area contributed by atoms with E-state index in [0.29, 0.717) is 0 Å². The minimum Gasteiger partial charge on any atom is -0.543 e. The van der Waals surface area contributed by atoms with E-state index in [1.54, 1.807) is 0 Å². The smallest absolute Gasteiger partial charge is 0.250 e. The van der Waals surface area contributed by atoms with Gasteiger partial charge < -0.3 is 8.85 Å². The highest BCUT2D eigenvalue weighted by Gasteiger charge is 2.40. The van der Waals surface area contributed by atoms with Crippen LogP contribution >= 0.6 is 39.1 Å². The molecule has 2 aromatic rings. The Morgan fingerprint density at radius 2 is 1.12 bits per heavy atom. The highest BCUT2D eigenvalue weighted by atomic mass is 79.9. The van der Waals surface area contributed by atoms with E-state index >= 15 is 0 Å². The van der Waals surface area contributed by atoms with Gasteiger partial charge in [-0.3, -0.25) is 0 Å². The summed E-state index contributed by atoms with van der Waals surface area (Å²) >= 11 is 15.4.